The van der Waals surface area contributed by atoms with Crippen LogP contribution in [0.5, 0.6) is 0 Å². The average molecular weight is 547 g/mol. The van der Waals surface area contributed by atoms with Crippen LogP contribution in [0.4, 0.5) is 5.82 Å². The van der Waals surface area contributed by atoms with E-state index in [1.54, 1.807) is 0 Å². The van der Waals surface area contributed by atoms with Crippen LogP contribution in [-0.4, -0.2) is 65.8 Å². The summed E-state index contributed by atoms with van der Waals surface area (Å²) in [6.07, 6.45) is 3.53. The van der Waals surface area contributed by atoms with E-state index in [2.05, 4.69) is 53.4 Å². The zero-order valence-electron chi connectivity index (χ0n) is 18.6. The summed E-state index contributed by atoms with van der Waals surface area (Å²) in [5.41, 5.74) is 2.20. The molecule has 0 amide bonds. The molecule has 170 valence electrons. The summed E-state index contributed by atoms with van der Waals surface area (Å²) in [7, 11) is 1.84. The van der Waals surface area contributed by atoms with Crippen LogP contribution in [-0.2, 0) is 12.8 Å². The van der Waals surface area contributed by atoms with Crippen molar-refractivity contribution in [2.45, 2.75) is 19.8 Å². The molecule has 0 bridgehead atoms. The number of hydrogen-bond donors (Lipinski definition) is 1. The molecule has 0 aliphatic carbocycles. The van der Waals surface area contributed by atoms with Crippen LogP contribution in [0, 0.1) is 0 Å². The second-order valence-electron chi connectivity index (χ2n) is 7.45. The fraction of sp³-hybridized carbons (Fsp3) is 0.391. The maximum Gasteiger partial charge on any atom is 0.257 e. The van der Waals surface area contributed by atoms with Crippen molar-refractivity contribution in [2.24, 2.45) is 4.99 Å². The lowest BCUT2D eigenvalue weighted by Crippen LogP contribution is -2.53. The maximum absolute atomic E-state index is 5.31. The molecule has 1 N–H and O–H groups in total. The Bertz CT molecular complexity index is 983. The van der Waals surface area contributed by atoms with Crippen LogP contribution in [0.3, 0.4) is 0 Å². The fourth-order valence-corrected chi connectivity index (χ4v) is 3.67. The minimum absolute atomic E-state index is 0. The van der Waals surface area contributed by atoms with Crippen molar-refractivity contribution < 1.29 is 4.52 Å². The summed E-state index contributed by atoms with van der Waals surface area (Å²) >= 11 is 0. The van der Waals surface area contributed by atoms with Crippen LogP contribution in [0.15, 0.2) is 58.2 Å². The van der Waals surface area contributed by atoms with Gasteiger partial charge in [0, 0.05) is 58.0 Å². The van der Waals surface area contributed by atoms with Crippen molar-refractivity contribution in [2.75, 3.05) is 44.7 Å². The minimum atomic E-state index is 0. The smallest absolute Gasteiger partial charge is 0.257 e. The van der Waals surface area contributed by atoms with Crippen molar-refractivity contribution in [3.63, 3.8) is 0 Å². The van der Waals surface area contributed by atoms with E-state index in [1.165, 1.54) is 5.56 Å². The molecule has 3 heterocycles. The van der Waals surface area contributed by atoms with Crippen molar-refractivity contribution in [1.29, 1.82) is 0 Å². The lowest BCUT2D eigenvalue weighted by atomic mass is 10.1. The lowest BCUT2D eigenvalue weighted by molar-refractivity contribution is 0.372. The standard InChI is InChI=1S/C23H29N7O.HI/c1-3-20-27-22(31-28-20)19-9-7-18(8-10-19)11-13-26-23(24-2)30-16-14-29(15-17-30)21-6-4-5-12-25-21;/h4-10,12H,3,11,13-17H2,1-2H3,(H,24,26);1H. The number of aryl methyl sites for hydroxylation is 1. The highest BCUT2D eigenvalue weighted by molar-refractivity contribution is 14.0. The molecule has 32 heavy (non-hydrogen) atoms. The molecule has 0 spiro atoms. The summed E-state index contributed by atoms with van der Waals surface area (Å²) in [4.78, 5) is 17.9. The second-order valence-corrected chi connectivity index (χ2v) is 7.45. The molecule has 8 nitrogen and oxygen atoms in total. The highest BCUT2D eigenvalue weighted by Gasteiger charge is 2.20. The summed E-state index contributed by atoms with van der Waals surface area (Å²) in [5.74, 6) is 3.30. The number of nitrogens with one attached hydrogen (secondary N) is 1. The predicted molar refractivity (Wildman–Crippen MR) is 138 cm³/mol. The topological polar surface area (TPSA) is 82.7 Å². The number of rotatable bonds is 6. The monoisotopic (exact) mass is 547 g/mol. The van der Waals surface area contributed by atoms with Crippen LogP contribution in [0.2, 0.25) is 0 Å². The zero-order chi connectivity index (χ0) is 21.5. The van der Waals surface area contributed by atoms with E-state index in [1.807, 2.05) is 44.4 Å². The first-order valence-electron chi connectivity index (χ1n) is 10.8. The molecule has 0 atom stereocenters. The van der Waals surface area contributed by atoms with Gasteiger partial charge in [-0.15, -0.1) is 24.0 Å². The number of nitrogens with zero attached hydrogens (tertiary/aromatic N) is 6. The van der Waals surface area contributed by atoms with Crippen molar-refractivity contribution in [1.82, 2.24) is 25.3 Å². The largest absolute Gasteiger partial charge is 0.356 e. The molecular formula is C23H30IN7O. The van der Waals surface area contributed by atoms with E-state index in [0.717, 1.165) is 68.7 Å². The Morgan fingerprint density at radius 1 is 1.09 bits per heavy atom. The molecule has 1 aliphatic heterocycles. The van der Waals surface area contributed by atoms with Crippen LogP contribution in [0.1, 0.15) is 18.3 Å². The van der Waals surface area contributed by atoms with Gasteiger partial charge in [0.05, 0.1) is 0 Å². The number of aliphatic imine (C=N–C) groups is 1. The lowest BCUT2D eigenvalue weighted by Gasteiger charge is -2.37. The number of pyridine rings is 1. The molecule has 1 aliphatic rings. The third kappa shape index (κ3) is 5.96. The van der Waals surface area contributed by atoms with Gasteiger partial charge >= 0.3 is 0 Å². The number of guanidine groups is 1. The first-order valence-corrected chi connectivity index (χ1v) is 10.8. The van der Waals surface area contributed by atoms with E-state index in [9.17, 15) is 0 Å². The van der Waals surface area contributed by atoms with Gasteiger partial charge in [0.1, 0.15) is 5.82 Å². The number of aromatic nitrogens is 3. The van der Waals surface area contributed by atoms with Gasteiger partial charge < -0.3 is 19.6 Å². The van der Waals surface area contributed by atoms with Crippen molar-refractivity contribution in [3.05, 3.63) is 60.0 Å². The Morgan fingerprint density at radius 3 is 2.50 bits per heavy atom. The van der Waals surface area contributed by atoms with Gasteiger partial charge in [-0.1, -0.05) is 30.3 Å². The van der Waals surface area contributed by atoms with Crippen molar-refractivity contribution >= 4 is 35.8 Å². The molecule has 1 aromatic carbocycles. The Balaban J connectivity index is 0.00000289. The van der Waals surface area contributed by atoms with Crippen LogP contribution in [0.25, 0.3) is 11.5 Å². The Labute approximate surface area is 206 Å². The Hall–Kier alpha value is -2.69. The van der Waals surface area contributed by atoms with E-state index in [-0.39, 0.29) is 24.0 Å². The first-order chi connectivity index (χ1) is 15.3. The van der Waals surface area contributed by atoms with E-state index < -0.39 is 0 Å². The zero-order valence-corrected chi connectivity index (χ0v) is 20.9. The van der Waals surface area contributed by atoms with Gasteiger partial charge in [0.2, 0.25) is 0 Å². The molecule has 3 aromatic rings. The van der Waals surface area contributed by atoms with Gasteiger partial charge in [-0.2, -0.15) is 4.98 Å². The summed E-state index contributed by atoms with van der Waals surface area (Å²) in [6, 6.07) is 14.3. The predicted octanol–water partition coefficient (Wildman–Crippen LogP) is 3.25. The number of hydrogen-bond acceptors (Lipinski definition) is 6. The van der Waals surface area contributed by atoms with E-state index in [0.29, 0.717) is 5.89 Å². The normalized spacial score (nSPS) is 14.2. The molecule has 0 saturated carbocycles. The molecule has 2 aromatic heterocycles. The highest BCUT2D eigenvalue weighted by atomic mass is 127. The molecule has 0 radical (unpaired) electrons. The SMILES string of the molecule is CCc1noc(-c2ccc(CCNC(=NC)N3CCN(c4ccccn4)CC3)cc2)n1.I. The first kappa shape index (κ1) is 24.0. The summed E-state index contributed by atoms with van der Waals surface area (Å²) in [5, 5.41) is 7.46. The van der Waals surface area contributed by atoms with Gasteiger partial charge in [0.15, 0.2) is 11.8 Å². The molecule has 0 unspecified atom stereocenters. The van der Waals surface area contributed by atoms with Gasteiger partial charge in [-0.25, -0.2) is 4.98 Å². The Morgan fingerprint density at radius 2 is 1.88 bits per heavy atom. The van der Waals surface area contributed by atoms with Crippen LogP contribution >= 0.6 is 24.0 Å². The summed E-state index contributed by atoms with van der Waals surface area (Å²) in [6.45, 7) is 6.57. The van der Waals surface area contributed by atoms with Crippen LogP contribution < -0.4 is 10.2 Å². The molecule has 1 saturated heterocycles. The third-order valence-corrected chi connectivity index (χ3v) is 5.45. The summed E-state index contributed by atoms with van der Waals surface area (Å²) < 4.78 is 5.31. The molecule has 4 rings (SSSR count). The van der Waals surface area contributed by atoms with E-state index >= 15 is 0 Å². The van der Waals surface area contributed by atoms with Crippen molar-refractivity contribution in [3.8, 4) is 11.5 Å². The average Bonchev–Trinajstić information content (AvgIpc) is 3.32. The minimum Gasteiger partial charge on any atom is -0.356 e. The molecule has 1 fully saturated rings. The fourth-order valence-electron chi connectivity index (χ4n) is 3.67. The molecular weight excluding hydrogens is 517 g/mol. The van der Waals surface area contributed by atoms with Gasteiger partial charge in [-0.05, 0) is 36.2 Å². The van der Waals surface area contributed by atoms with E-state index in [4.69, 9.17) is 4.52 Å². The number of halogens is 1. The number of anilines is 1. The number of piperazine rings is 1. The quantitative estimate of drug-likeness (QED) is 0.288. The highest BCUT2D eigenvalue weighted by Crippen LogP contribution is 2.18. The number of benzene rings is 1. The third-order valence-electron chi connectivity index (χ3n) is 5.45. The second kappa shape index (κ2) is 11.8. The molecule has 9 heteroatoms. The van der Waals surface area contributed by atoms with Gasteiger partial charge in [-0.3, -0.25) is 4.99 Å². The van der Waals surface area contributed by atoms with Gasteiger partial charge in [0.25, 0.3) is 5.89 Å². The maximum atomic E-state index is 5.31. The Kier molecular flexibility index (Phi) is 8.83.